The van der Waals surface area contributed by atoms with E-state index in [2.05, 4.69) is 6.08 Å². The molecule has 0 spiro atoms. The highest BCUT2D eigenvalue weighted by Crippen LogP contribution is 2.50. The molecule has 39 heavy (non-hydrogen) atoms. The molecule has 4 aliphatic rings. The van der Waals surface area contributed by atoms with Crippen LogP contribution in [0, 0.1) is 23.7 Å². The fourth-order valence-corrected chi connectivity index (χ4v) is 6.52. The van der Waals surface area contributed by atoms with Gasteiger partial charge < -0.3 is 33.5 Å². The summed E-state index contributed by atoms with van der Waals surface area (Å²) in [5.74, 6) is 0.0967. The summed E-state index contributed by atoms with van der Waals surface area (Å²) in [6.07, 6.45) is 10.5. The lowest BCUT2D eigenvalue weighted by Gasteiger charge is -2.31. The predicted octanol–water partition coefficient (Wildman–Crippen LogP) is 4.96. The van der Waals surface area contributed by atoms with Gasteiger partial charge in [0.05, 0.1) is 32.5 Å². The second kappa shape index (κ2) is 14.7. The maximum atomic E-state index is 11.1. The number of benzene rings is 1. The van der Waals surface area contributed by atoms with E-state index < -0.39 is 5.97 Å². The van der Waals surface area contributed by atoms with Gasteiger partial charge in [-0.3, -0.25) is 0 Å². The van der Waals surface area contributed by atoms with Crippen molar-refractivity contribution in [3.63, 3.8) is 0 Å². The van der Waals surface area contributed by atoms with Gasteiger partial charge in [-0.25, -0.2) is 4.79 Å². The van der Waals surface area contributed by atoms with Crippen molar-refractivity contribution in [1.82, 2.24) is 0 Å². The van der Waals surface area contributed by atoms with Gasteiger partial charge in [0.25, 0.3) is 0 Å². The van der Waals surface area contributed by atoms with Crippen LogP contribution < -0.4 is 0 Å². The second-order valence-corrected chi connectivity index (χ2v) is 11.4. The highest BCUT2D eigenvalue weighted by molar-refractivity contribution is 5.68. The summed E-state index contributed by atoms with van der Waals surface area (Å²) in [6, 6.07) is 10.1. The molecule has 1 aromatic carbocycles. The Morgan fingerprint density at radius 1 is 0.974 bits per heavy atom. The number of carboxylic acid groups (broad SMARTS) is 1. The third-order valence-corrected chi connectivity index (χ3v) is 8.53. The van der Waals surface area contributed by atoms with E-state index in [1.54, 1.807) is 0 Å². The number of fused-ring (bicyclic) bond motifs is 1. The zero-order valence-electron chi connectivity index (χ0n) is 22.9. The summed E-state index contributed by atoms with van der Waals surface area (Å²) in [5.41, 5.74) is 2.42. The molecule has 3 fully saturated rings. The number of allylic oxidation sites excluding steroid dienone is 1. The molecule has 216 valence electrons. The zero-order valence-corrected chi connectivity index (χ0v) is 22.9. The Kier molecular flexibility index (Phi) is 10.8. The summed E-state index contributed by atoms with van der Waals surface area (Å²) < 4.78 is 36.3. The Labute approximate surface area is 231 Å². The number of carboxylic acids is 1. The average Bonchev–Trinajstić information content (AvgIpc) is 3.50. The van der Waals surface area contributed by atoms with Crippen molar-refractivity contribution in [3.8, 4) is 0 Å². The summed E-state index contributed by atoms with van der Waals surface area (Å²) in [7, 11) is 0. The minimum absolute atomic E-state index is 0.0166. The van der Waals surface area contributed by atoms with E-state index in [0.717, 1.165) is 70.1 Å². The summed E-state index contributed by atoms with van der Waals surface area (Å²) in [4.78, 5) is 11.1. The van der Waals surface area contributed by atoms with Crippen LogP contribution in [0.15, 0.2) is 42.0 Å². The number of hydrogen-bond acceptors (Lipinski definition) is 7. The first-order valence-corrected chi connectivity index (χ1v) is 14.8. The molecule has 8 heteroatoms. The van der Waals surface area contributed by atoms with Gasteiger partial charge in [-0.05, 0) is 68.8 Å². The summed E-state index contributed by atoms with van der Waals surface area (Å²) >= 11 is 0. The van der Waals surface area contributed by atoms with Crippen LogP contribution in [0.5, 0.6) is 0 Å². The molecule has 0 amide bonds. The quantitative estimate of drug-likeness (QED) is 0.329. The molecule has 7 atom stereocenters. The maximum Gasteiger partial charge on any atom is 0.329 e. The molecule has 2 saturated heterocycles. The number of ether oxygens (including phenoxy) is 6. The van der Waals surface area contributed by atoms with E-state index in [1.165, 1.54) is 5.57 Å². The molecule has 0 aromatic heterocycles. The van der Waals surface area contributed by atoms with Crippen LogP contribution in [0.2, 0.25) is 0 Å². The highest BCUT2D eigenvalue weighted by atomic mass is 16.7. The molecule has 0 radical (unpaired) electrons. The van der Waals surface area contributed by atoms with E-state index in [0.29, 0.717) is 38.3 Å². The predicted molar refractivity (Wildman–Crippen MR) is 144 cm³/mol. The van der Waals surface area contributed by atoms with Crippen LogP contribution in [-0.2, 0) is 39.8 Å². The minimum atomic E-state index is -0.955. The summed E-state index contributed by atoms with van der Waals surface area (Å²) in [6.45, 7) is 3.19. The minimum Gasteiger partial charge on any atom is -0.480 e. The third-order valence-electron chi connectivity index (χ3n) is 8.53. The lowest BCUT2D eigenvalue weighted by atomic mass is 9.92. The first kappa shape index (κ1) is 28.7. The van der Waals surface area contributed by atoms with Crippen molar-refractivity contribution in [3.05, 3.63) is 47.5 Å². The van der Waals surface area contributed by atoms with Gasteiger partial charge >= 0.3 is 5.97 Å². The molecule has 1 aromatic rings. The monoisotopic (exact) mass is 544 g/mol. The van der Waals surface area contributed by atoms with E-state index >= 15 is 0 Å². The lowest BCUT2D eigenvalue weighted by Crippen LogP contribution is -2.35. The van der Waals surface area contributed by atoms with Gasteiger partial charge in [-0.1, -0.05) is 42.0 Å². The van der Waals surface area contributed by atoms with Crippen molar-refractivity contribution >= 4 is 5.97 Å². The van der Waals surface area contributed by atoms with Crippen molar-refractivity contribution in [2.75, 3.05) is 39.6 Å². The third kappa shape index (κ3) is 8.35. The number of hydrogen-bond donors (Lipinski definition) is 1. The van der Waals surface area contributed by atoms with E-state index in [-0.39, 0.29) is 37.1 Å². The topological polar surface area (TPSA) is 92.7 Å². The van der Waals surface area contributed by atoms with Crippen molar-refractivity contribution in [2.45, 2.75) is 76.7 Å². The van der Waals surface area contributed by atoms with Crippen LogP contribution in [0.3, 0.4) is 0 Å². The molecule has 1 saturated carbocycles. The zero-order chi connectivity index (χ0) is 26.9. The Balaban J connectivity index is 1.24. The van der Waals surface area contributed by atoms with Crippen LogP contribution in [0.4, 0.5) is 0 Å². The molecule has 2 aliphatic carbocycles. The van der Waals surface area contributed by atoms with Gasteiger partial charge in [0.15, 0.2) is 12.6 Å². The van der Waals surface area contributed by atoms with Crippen LogP contribution >= 0.6 is 0 Å². The molecule has 2 aliphatic heterocycles. The van der Waals surface area contributed by atoms with Gasteiger partial charge in [-0.15, -0.1) is 0 Å². The Morgan fingerprint density at radius 2 is 1.72 bits per heavy atom. The molecule has 5 unspecified atom stereocenters. The van der Waals surface area contributed by atoms with Crippen LogP contribution in [0.1, 0.15) is 56.9 Å². The van der Waals surface area contributed by atoms with E-state index in [4.69, 9.17) is 33.5 Å². The standard InChI is InChI=1S/C31H44O8/c32-29(33)21-35-19-25(18-34-17-22-8-2-1-3-9-22)23-14-24-16-28(39-31-11-5-7-13-37-31)27(26(24)15-23)20-38-30-10-4-6-12-36-30/h1-3,8-9,15,24-28,30-31H,4-7,10-14,16-21H2,(H,32,33)/t24?,25?,26?,27-,28-,30?,31?/m1/s1. The van der Waals surface area contributed by atoms with Crippen molar-refractivity contribution in [1.29, 1.82) is 0 Å². The first-order valence-electron chi connectivity index (χ1n) is 14.8. The smallest absolute Gasteiger partial charge is 0.329 e. The fourth-order valence-electron chi connectivity index (χ4n) is 6.52. The lowest BCUT2D eigenvalue weighted by molar-refractivity contribution is -0.211. The van der Waals surface area contributed by atoms with Gasteiger partial charge in [0.2, 0.25) is 0 Å². The Morgan fingerprint density at radius 3 is 2.44 bits per heavy atom. The van der Waals surface area contributed by atoms with Gasteiger partial charge in [0, 0.05) is 25.0 Å². The number of aliphatic carboxylic acids is 1. The SMILES string of the molecule is O=C(O)COCC(COCc1ccccc1)C1=CC2C(C1)C[C@@H](OC1CCCCO1)[C@@H]2COC1CCCCO1. The Hall–Kier alpha value is -1.81. The molecular formula is C31H44O8. The summed E-state index contributed by atoms with van der Waals surface area (Å²) in [5, 5.41) is 9.09. The Bertz CT molecular complexity index is 908. The average molecular weight is 545 g/mol. The first-order chi connectivity index (χ1) is 19.2. The molecule has 8 nitrogen and oxygen atoms in total. The molecular weight excluding hydrogens is 500 g/mol. The molecule has 1 N–H and O–H groups in total. The maximum absolute atomic E-state index is 11.1. The normalized spacial score (nSPS) is 31.5. The fraction of sp³-hybridized carbons (Fsp3) is 0.710. The molecule has 5 rings (SSSR count). The van der Waals surface area contributed by atoms with Gasteiger partial charge in [-0.2, -0.15) is 0 Å². The van der Waals surface area contributed by atoms with Gasteiger partial charge in [0.1, 0.15) is 6.61 Å². The van der Waals surface area contributed by atoms with Crippen LogP contribution in [0.25, 0.3) is 0 Å². The van der Waals surface area contributed by atoms with E-state index in [1.807, 2.05) is 30.3 Å². The van der Waals surface area contributed by atoms with Crippen LogP contribution in [-0.4, -0.2) is 69.4 Å². The largest absolute Gasteiger partial charge is 0.480 e. The number of rotatable bonds is 14. The number of carbonyl (C=O) groups is 1. The highest BCUT2D eigenvalue weighted by Gasteiger charge is 2.48. The van der Waals surface area contributed by atoms with Crippen molar-refractivity contribution in [2.24, 2.45) is 23.7 Å². The molecule has 2 heterocycles. The molecule has 0 bridgehead atoms. The second-order valence-electron chi connectivity index (χ2n) is 11.4. The van der Waals surface area contributed by atoms with E-state index in [9.17, 15) is 4.79 Å². The van der Waals surface area contributed by atoms with Crippen molar-refractivity contribution < 1.29 is 38.3 Å².